The molecule has 0 aliphatic carbocycles. The standard InChI is InChI=1S/C23H26O4/c1-6-7-18-10-15-22(25-4)20(23(18)26-5)13-14-21(24)17-8-11-19(12-9-17)27-16(2)3/h8-15H,2,6-7H2,1,3-5H3/b14-13+. The van der Waals surface area contributed by atoms with Gasteiger partial charge in [-0.3, -0.25) is 4.79 Å². The van der Waals surface area contributed by atoms with Gasteiger partial charge in [0.2, 0.25) is 0 Å². The van der Waals surface area contributed by atoms with Crippen LogP contribution in [-0.2, 0) is 6.42 Å². The second-order valence-electron chi connectivity index (χ2n) is 6.15. The second kappa shape index (κ2) is 9.62. The Morgan fingerprint density at radius 3 is 2.33 bits per heavy atom. The topological polar surface area (TPSA) is 44.8 Å². The third-order valence-corrected chi connectivity index (χ3v) is 4.01. The Morgan fingerprint density at radius 1 is 1.07 bits per heavy atom. The normalized spacial score (nSPS) is 10.7. The fraction of sp³-hybridized carbons (Fsp3) is 0.261. The zero-order valence-corrected chi connectivity index (χ0v) is 16.4. The van der Waals surface area contributed by atoms with Crippen molar-refractivity contribution in [2.24, 2.45) is 0 Å². The number of rotatable bonds is 9. The number of aryl methyl sites for hydroxylation is 1. The van der Waals surface area contributed by atoms with Crippen molar-refractivity contribution in [2.45, 2.75) is 26.7 Å². The molecule has 0 radical (unpaired) electrons. The van der Waals surface area contributed by atoms with E-state index in [1.165, 1.54) is 6.08 Å². The fourth-order valence-electron chi connectivity index (χ4n) is 2.81. The van der Waals surface area contributed by atoms with E-state index in [1.807, 2.05) is 12.1 Å². The summed E-state index contributed by atoms with van der Waals surface area (Å²) in [4.78, 5) is 12.5. The molecule has 0 spiro atoms. The fourth-order valence-corrected chi connectivity index (χ4v) is 2.81. The first-order chi connectivity index (χ1) is 13.0. The van der Waals surface area contributed by atoms with E-state index in [1.54, 1.807) is 51.5 Å². The number of carbonyl (C=O) groups is 1. The molecule has 2 aromatic carbocycles. The van der Waals surface area contributed by atoms with Crippen LogP contribution in [0.2, 0.25) is 0 Å². The van der Waals surface area contributed by atoms with Gasteiger partial charge < -0.3 is 14.2 Å². The van der Waals surface area contributed by atoms with Crippen molar-refractivity contribution in [1.29, 1.82) is 0 Å². The number of hydrogen-bond donors (Lipinski definition) is 0. The predicted molar refractivity (Wildman–Crippen MR) is 109 cm³/mol. The molecular weight excluding hydrogens is 340 g/mol. The van der Waals surface area contributed by atoms with Crippen LogP contribution in [0.1, 0.15) is 41.8 Å². The van der Waals surface area contributed by atoms with Gasteiger partial charge in [0.05, 0.1) is 25.5 Å². The van der Waals surface area contributed by atoms with E-state index in [0.29, 0.717) is 22.8 Å². The Labute approximate surface area is 161 Å². The van der Waals surface area contributed by atoms with Gasteiger partial charge in [0.1, 0.15) is 17.2 Å². The van der Waals surface area contributed by atoms with Gasteiger partial charge >= 0.3 is 0 Å². The molecule has 4 nitrogen and oxygen atoms in total. The summed E-state index contributed by atoms with van der Waals surface area (Å²) >= 11 is 0. The van der Waals surface area contributed by atoms with Crippen LogP contribution in [0.15, 0.2) is 54.8 Å². The average Bonchev–Trinajstić information content (AvgIpc) is 2.66. The zero-order chi connectivity index (χ0) is 19.8. The minimum Gasteiger partial charge on any atom is -0.496 e. The smallest absolute Gasteiger partial charge is 0.185 e. The van der Waals surface area contributed by atoms with Crippen LogP contribution in [-0.4, -0.2) is 20.0 Å². The van der Waals surface area contributed by atoms with Crippen molar-refractivity contribution in [3.8, 4) is 17.2 Å². The summed E-state index contributed by atoms with van der Waals surface area (Å²) in [5.74, 6) is 2.55. The predicted octanol–water partition coefficient (Wildman–Crippen LogP) is 5.46. The highest BCUT2D eigenvalue weighted by Crippen LogP contribution is 2.34. The maximum Gasteiger partial charge on any atom is 0.185 e. The number of ether oxygens (including phenoxy) is 3. The van der Waals surface area contributed by atoms with Crippen LogP contribution < -0.4 is 14.2 Å². The number of ketones is 1. The SMILES string of the molecule is C=C(C)Oc1ccc(C(=O)/C=C/c2c(OC)ccc(CCC)c2OC)cc1. The van der Waals surface area contributed by atoms with Gasteiger partial charge in [-0.15, -0.1) is 0 Å². The summed E-state index contributed by atoms with van der Waals surface area (Å²) in [6.07, 6.45) is 5.18. The lowest BCUT2D eigenvalue weighted by atomic mass is 10.0. The molecular formula is C23H26O4. The molecule has 0 saturated carbocycles. The minimum atomic E-state index is -0.109. The van der Waals surface area contributed by atoms with E-state index in [9.17, 15) is 4.79 Å². The van der Waals surface area contributed by atoms with Crippen molar-refractivity contribution in [2.75, 3.05) is 14.2 Å². The first kappa shape index (κ1) is 20.3. The average molecular weight is 366 g/mol. The van der Waals surface area contributed by atoms with Crippen LogP contribution in [0.25, 0.3) is 6.08 Å². The molecule has 0 amide bonds. The Balaban J connectivity index is 2.29. The molecule has 0 saturated heterocycles. The highest BCUT2D eigenvalue weighted by molar-refractivity contribution is 6.07. The maximum atomic E-state index is 12.5. The van der Waals surface area contributed by atoms with Gasteiger partial charge in [0.15, 0.2) is 5.78 Å². The van der Waals surface area contributed by atoms with Gasteiger partial charge in [-0.2, -0.15) is 0 Å². The molecule has 0 aromatic heterocycles. The molecule has 2 rings (SSSR count). The summed E-state index contributed by atoms with van der Waals surface area (Å²) in [6, 6.07) is 10.9. The van der Waals surface area contributed by atoms with Crippen LogP contribution >= 0.6 is 0 Å². The molecule has 0 aliphatic rings. The van der Waals surface area contributed by atoms with E-state index in [2.05, 4.69) is 13.5 Å². The molecule has 0 atom stereocenters. The van der Waals surface area contributed by atoms with Gasteiger partial charge in [-0.25, -0.2) is 0 Å². The molecule has 0 N–H and O–H groups in total. The molecule has 142 valence electrons. The third-order valence-electron chi connectivity index (χ3n) is 4.01. The summed E-state index contributed by atoms with van der Waals surface area (Å²) in [7, 11) is 3.24. The molecule has 2 aromatic rings. The van der Waals surface area contributed by atoms with E-state index < -0.39 is 0 Å². The lowest BCUT2D eigenvalue weighted by Crippen LogP contribution is -1.99. The Morgan fingerprint density at radius 2 is 1.78 bits per heavy atom. The summed E-state index contributed by atoms with van der Waals surface area (Å²) in [6.45, 7) is 7.59. The number of carbonyl (C=O) groups excluding carboxylic acids is 1. The summed E-state index contributed by atoms with van der Waals surface area (Å²) in [5.41, 5.74) is 2.43. The van der Waals surface area contributed by atoms with Crippen molar-refractivity contribution < 1.29 is 19.0 Å². The van der Waals surface area contributed by atoms with Crippen molar-refractivity contribution in [3.63, 3.8) is 0 Å². The van der Waals surface area contributed by atoms with E-state index in [4.69, 9.17) is 14.2 Å². The first-order valence-electron chi connectivity index (χ1n) is 8.89. The molecule has 0 unspecified atom stereocenters. The molecule has 27 heavy (non-hydrogen) atoms. The number of allylic oxidation sites excluding steroid dienone is 2. The maximum absolute atomic E-state index is 12.5. The van der Waals surface area contributed by atoms with E-state index >= 15 is 0 Å². The van der Waals surface area contributed by atoms with Crippen LogP contribution in [0.4, 0.5) is 0 Å². The number of methoxy groups -OCH3 is 2. The van der Waals surface area contributed by atoms with Crippen molar-refractivity contribution in [1.82, 2.24) is 0 Å². The van der Waals surface area contributed by atoms with Gasteiger partial charge in [0.25, 0.3) is 0 Å². The van der Waals surface area contributed by atoms with Gasteiger partial charge in [0, 0.05) is 5.56 Å². The summed E-state index contributed by atoms with van der Waals surface area (Å²) < 4.78 is 16.5. The molecule has 0 bridgehead atoms. The molecule has 4 heteroatoms. The zero-order valence-electron chi connectivity index (χ0n) is 16.4. The van der Waals surface area contributed by atoms with Crippen molar-refractivity contribution >= 4 is 11.9 Å². The van der Waals surface area contributed by atoms with Crippen molar-refractivity contribution in [3.05, 3.63) is 71.5 Å². The van der Waals surface area contributed by atoms with Crippen LogP contribution in [0.5, 0.6) is 17.2 Å². The monoisotopic (exact) mass is 366 g/mol. The highest BCUT2D eigenvalue weighted by atomic mass is 16.5. The van der Waals surface area contributed by atoms with E-state index in [-0.39, 0.29) is 5.78 Å². The Hall–Kier alpha value is -3.01. The largest absolute Gasteiger partial charge is 0.496 e. The van der Waals surface area contributed by atoms with Gasteiger partial charge in [-0.05, 0) is 61.4 Å². The third kappa shape index (κ3) is 5.23. The Bertz CT molecular complexity index is 832. The van der Waals surface area contributed by atoms with Gasteiger partial charge in [-0.1, -0.05) is 26.0 Å². The van der Waals surface area contributed by atoms with E-state index in [0.717, 1.165) is 29.7 Å². The minimum absolute atomic E-state index is 0.109. The molecule has 0 heterocycles. The summed E-state index contributed by atoms with van der Waals surface area (Å²) in [5, 5.41) is 0. The lowest BCUT2D eigenvalue weighted by Gasteiger charge is -2.14. The first-order valence-corrected chi connectivity index (χ1v) is 8.89. The lowest BCUT2D eigenvalue weighted by molar-refractivity contribution is 0.104. The number of benzene rings is 2. The highest BCUT2D eigenvalue weighted by Gasteiger charge is 2.13. The molecule has 0 aliphatic heterocycles. The van der Waals surface area contributed by atoms with Crippen LogP contribution in [0.3, 0.4) is 0 Å². The molecule has 0 fully saturated rings. The quantitative estimate of drug-likeness (QED) is 0.336. The van der Waals surface area contributed by atoms with Crippen LogP contribution in [0, 0.1) is 0 Å². The number of hydrogen-bond acceptors (Lipinski definition) is 4. The second-order valence-corrected chi connectivity index (χ2v) is 6.15. The Kier molecular flexibility index (Phi) is 7.24.